The van der Waals surface area contributed by atoms with Crippen molar-refractivity contribution in [2.45, 2.75) is 6.04 Å². The lowest BCUT2D eigenvalue weighted by atomic mass is 10.00. The number of nitrogens with two attached hydrogens (primary N) is 1. The number of aromatic nitrogens is 1. The predicted molar refractivity (Wildman–Crippen MR) is 86.9 cm³/mol. The van der Waals surface area contributed by atoms with Crippen LogP contribution in [0.4, 0.5) is 0 Å². The fourth-order valence-electron chi connectivity index (χ4n) is 2.19. The van der Waals surface area contributed by atoms with Gasteiger partial charge >= 0.3 is 0 Å². The van der Waals surface area contributed by atoms with Crippen molar-refractivity contribution in [1.82, 2.24) is 4.98 Å². The van der Waals surface area contributed by atoms with Crippen LogP contribution in [0.1, 0.15) is 17.2 Å². The summed E-state index contributed by atoms with van der Waals surface area (Å²) in [6.45, 7) is 0. The monoisotopic (exact) mass is 346 g/mol. The molecule has 0 spiro atoms. The summed E-state index contributed by atoms with van der Waals surface area (Å²) in [7, 11) is 0. The summed E-state index contributed by atoms with van der Waals surface area (Å²) in [4.78, 5) is 4.45. The van der Waals surface area contributed by atoms with Crippen LogP contribution in [0.15, 0.2) is 59.2 Å². The molecule has 1 unspecified atom stereocenters. The van der Waals surface area contributed by atoms with Crippen LogP contribution in [0.3, 0.4) is 0 Å². The van der Waals surface area contributed by atoms with Gasteiger partial charge in [-0.2, -0.15) is 0 Å². The van der Waals surface area contributed by atoms with Gasteiger partial charge in [-0.1, -0.05) is 45.7 Å². The highest BCUT2D eigenvalue weighted by Gasteiger charge is 2.13. The van der Waals surface area contributed by atoms with E-state index in [1.165, 1.54) is 0 Å². The summed E-state index contributed by atoms with van der Waals surface area (Å²) < 4.78 is 0.947. The summed E-state index contributed by atoms with van der Waals surface area (Å²) in [6.07, 6.45) is 1.82. The molecule has 3 aromatic rings. The number of para-hydroxylation sites is 1. The topological polar surface area (TPSA) is 38.9 Å². The molecule has 0 saturated carbocycles. The first-order chi connectivity index (χ1) is 9.65. The average Bonchev–Trinajstić information content (AvgIpc) is 2.48. The third-order valence-electron chi connectivity index (χ3n) is 3.26. The Morgan fingerprint density at radius 1 is 1.10 bits per heavy atom. The molecule has 3 rings (SSSR count). The van der Waals surface area contributed by atoms with E-state index in [0.29, 0.717) is 5.02 Å². The standard InChI is InChI=1S/C16H12BrClN2/c17-14-6-5-12(18)8-13(14)16(19)11-7-10-3-1-2-4-15(10)20-9-11/h1-9,16H,19H2. The Morgan fingerprint density at radius 2 is 1.90 bits per heavy atom. The first kappa shape index (κ1) is 13.6. The molecule has 0 aliphatic heterocycles. The van der Waals surface area contributed by atoms with E-state index < -0.39 is 0 Å². The van der Waals surface area contributed by atoms with Crippen molar-refractivity contribution in [3.63, 3.8) is 0 Å². The molecule has 0 radical (unpaired) electrons. The zero-order valence-electron chi connectivity index (χ0n) is 10.6. The third kappa shape index (κ3) is 2.57. The van der Waals surface area contributed by atoms with Gasteiger partial charge in [0.25, 0.3) is 0 Å². The van der Waals surface area contributed by atoms with E-state index in [0.717, 1.165) is 26.5 Å². The fourth-order valence-corrected chi connectivity index (χ4v) is 2.86. The molecule has 0 aliphatic rings. The molecule has 0 saturated heterocycles. The number of benzene rings is 2. The molecule has 4 heteroatoms. The molecule has 0 amide bonds. The maximum Gasteiger partial charge on any atom is 0.0702 e. The number of nitrogens with zero attached hydrogens (tertiary/aromatic N) is 1. The second-order valence-corrected chi connectivity index (χ2v) is 5.90. The van der Waals surface area contributed by atoms with E-state index in [4.69, 9.17) is 17.3 Å². The fraction of sp³-hybridized carbons (Fsp3) is 0.0625. The predicted octanol–water partition coefficient (Wildman–Crippen LogP) is 4.70. The van der Waals surface area contributed by atoms with Crippen molar-refractivity contribution >= 4 is 38.4 Å². The van der Waals surface area contributed by atoms with E-state index in [-0.39, 0.29) is 6.04 Å². The third-order valence-corrected chi connectivity index (χ3v) is 4.22. The van der Waals surface area contributed by atoms with Gasteiger partial charge in [0.1, 0.15) is 0 Å². The molecule has 2 N–H and O–H groups in total. The van der Waals surface area contributed by atoms with Crippen LogP contribution in [0, 0.1) is 0 Å². The number of hydrogen-bond donors (Lipinski definition) is 1. The summed E-state index contributed by atoms with van der Waals surface area (Å²) in [5.41, 5.74) is 9.23. The minimum atomic E-state index is -0.264. The zero-order chi connectivity index (χ0) is 14.1. The number of halogens is 2. The Kier molecular flexibility index (Phi) is 3.74. The lowest BCUT2D eigenvalue weighted by Crippen LogP contribution is -2.12. The van der Waals surface area contributed by atoms with Gasteiger partial charge in [-0.3, -0.25) is 4.98 Å². The molecule has 2 nitrogen and oxygen atoms in total. The van der Waals surface area contributed by atoms with Crippen LogP contribution in [0.25, 0.3) is 10.9 Å². The van der Waals surface area contributed by atoms with Gasteiger partial charge in [0, 0.05) is 21.1 Å². The van der Waals surface area contributed by atoms with Crippen molar-refractivity contribution in [1.29, 1.82) is 0 Å². The van der Waals surface area contributed by atoms with Crippen molar-refractivity contribution in [2.75, 3.05) is 0 Å². The first-order valence-electron chi connectivity index (χ1n) is 6.20. The number of hydrogen-bond acceptors (Lipinski definition) is 2. The maximum absolute atomic E-state index is 6.35. The lowest BCUT2D eigenvalue weighted by Gasteiger charge is -2.15. The minimum absolute atomic E-state index is 0.264. The molecule has 2 aromatic carbocycles. The zero-order valence-corrected chi connectivity index (χ0v) is 12.9. The average molecular weight is 348 g/mol. The Hall–Kier alpha value is -1.42. The molecular formula is C16H12BrClN2. The van der Waals surface area contributed by atoms with E-state index in [1.807, 2.05) is 48.7 Å². The second-order valence-electron chi connectivity index (χ2n) is 4.60. The lowest BCUT2D eigenvalue weighted by molar-refractivity contribution is 0.861. The number of fused-ring (bicyclic) bond motifs is 1. The van der Waals surface area contributed by atoms with Crippen LogP contribution in [-0.2, 0) is 0 Å². The van der Waals surface area contributed by atoms with Gasteiger partial charge in [-0.15, -0.1) is 0 Å². The van der Waals surface area contributed by atoms with E-state index in [1.54, 1.807) is 0 Å². The molecule has 20 heavy (non-hydrogen) atoms. The van der Waals surface area contributed by atoms with Crippen molar-refractivity contribution in [2.24, 2.45) is 5.73 Å². The quantitative estimate of drug-likeness (QED) is 0.730. The van der Waals surface area contributed by atoms with Crippen LogP contribution in [-0.4, -0.2) is 4.98 Å². The van der Waals surface area contributed by atoms with Gasteiger partial charge < -0.3 is 5.73 Å². The van der Waals surface area contributed by atoms with Gasteiger partial charge in [0.2, 0.25) is 0 Å². The smallest absolute Gasteiger partial charge is 0.0702 e. The van der Waals surface area contributed by atoms with Crippen molar-refractivity contribution < 1.29 is 0 Å². The maximum atomic E-state index is 6.35. The van der Waals surface area contributed by atoms with Crippen molar-refractivity contribution in [3.05, 3.63) is 75.4 Å². The van der Waals surface area contributed by atoms with Gasteiger partial charge in [0.05, 0.1) is 11.6 Å². The van der Waals surface area contributed by atoms with Crippen LogP contribution < -0.4 is 5.73 Å². The largest absolute Gasteiger partial charge is 0.320 e. The molecule has 1 aromatic heterocycles. The number of pyridine rings is 1. The molecule has 0 aliphatic carbocycles. The van der Waals surface area contributed by atoms with E-state index in [2.05, 4.69) is 27.0 Å². The Bertz CT molecular complexity index is 773. The molecule has 1 heterocycles. The van der Waals surface area contributed by atoms with Gasteiger partial charge in [0.15, 0.2) is 0 Å². The minimum Gasteiger partial charge on any atom is -0.320 e. The van der Waals surface area contributed by atoms with Gasteiger partial charge in [-0.05, 0) is 41.5 Å². The molecular weight excluding hydrogens is 336 g/mol. The highest BCUT2D eigenvalue weighted by molar-refractivity contribution is 9.10. The highest BCUT2D eigenvalue weighted by Crippen LogP contribution is 2.30. The summed E-state index contributed by atoms with van der Waals surface area (Å²) in [6, 6.07) is 15.4. The number of rotatable bonds is 2. The van der Waals surface area contributed by atoms with E-state index in [9.17, 15) is 0 Å². The molecule has 1 atom stereocenters. The van der Waals surface area contributed by atoms with Crippen LogP contribution in [0.2, 0.25) is 5.02 Å². The first-order valence-corrected chi connectivity index (χ1v) is 7.37. The summed E-state index contributed by atoms with van der Waals surface area (Å²) >= 11 is 9.57. The summed E-state index contributed by atoms with van der Waals surface area (Å²) in [5, 5.41) is 1.76. The molecule has 100 valence electrons. The van der Waals surface area contributed by atoms with Crippen LogP contribution >= 0.6 is 27.5 Å². The SMILES string of the molecule is NC(c1cnc2ccccc2c1)c1cc(Cl)ccc1Br. The normalized spacial score (nSPS) is 12.6. The van der Waals surface area contributed by atoms with Crippen molar-refractivity contribution in [3.8, 4) is 0 Å². The van der Waals surface area contributed by atoms with E-state index >= 15 is 0 Å². The Morgan fingerprint density at radius 3 is 2.75 bits per heavy atom. The molecule has 0 bridgehead atoms. The Balaban J connectivity index is 2.07. The molecule has 0 fully saturated rings. The summed E-state index contributed by atoms with van der Waals surface area (Å²) in [5.74, 6) is 0. The van der Waals surface area contributed by atoms with Crippen LogP contribution in [0.5, 0.6) is 0 Å². The second kappa shape index (κ2) is 5.52. The highest BCUT2D eigenvalue weighted by atomic mass is 79.9. The Labute approximate surface area is 130 Å². The van der Waals surface area contributed by atoms with Gasteiger partial charge in [-0.25, -0.2) is 0 Å².